The summed E-state index contributed by atoms with van der Waals surface area (Å²) in [5.41, 5.74) is 3.02. The van der Waals surface area contributed by atoms with E-state index in [1.807, 2.05) is 20.8 Å². The number of fused-ring (bicyclic) bond motifs is 3. The molecule has 0 fully saturated rings. The van der Waals surface area contributed by atoms with Gasteiger partial charge in [0.2, 0.25) is 0 Å². The number of aliphatic hydroxyl groups is 1. The molecule has 1 aromatic rings. The number of amides is 1. The average molecular weight is 500 g/mol. The minimum Gasteiger partial charge on any atom is -0.508 e. The fourth-order valence-electron chi connectivity index (χ4n) is 5.15. The topological polar surface area (TPSA) is 107 Å². The summed E-state index contributed by atoms with van der Waals surface area (Å²) in [7, 11) is 0. The molecule has 3 N–H and O–H groups in total. The number of hydrogen-bond acceptors (Lipinski definition) is 5. The molecule has 0 aliphatic carbocycles. The molecule has 1 aromatic carbocycles. The monoisotopic (exact) mass is 499 g/mol. The number of nitrogens with zero attached hydrogens (tertiary/aromatic N) is 1. The lowest BCUT2D eigenvalue weighted by atomic mass is 9.84. The van der Waals surface area contributed by atoms with Gasteiger partial charge in [-0.2, -0.15) is 0 Å². The third kappa shape index (κ3) is 5.61. The first kappa shape index (κ1) is 27.8. The number of phenols is 1. The first-order valence-corrected chi connectivity index (χ1v) is 13.0. The molecule has 0 unspecified atom stereocenters. The van der Waals surface area contributed by atoms with Crippen LogP contribution in [-0.4, -0.2) is 49.8 Å². The number of allylic oxidation sites excluding steroid dienone is 4. The van der Waals surface area contributed by atoms with Crippen LogP contribution < -0.4 is 4.74 Å². The van der Waals surface area contributed by atoms with Crippen LogP contribution in [0.3, 0.4) is 0 Å². The van der Waals surface area contributed by atoms with Crippen LogP contribution in [0.25, 0.3) is 0 Å². The van der Waals surface area contributed by atoms with Crippen molar-refractivity contribution >= 4 is 11.9 Å². The zero-order valence-electron chi connectivity index (χ0n) is 22.4. The molecule has 2 aliphatic heterocycles. The van der Waals surface area contributed by atoms with Gasteiger partial charge in [-0.25, -0.2) is 4.79 Å². The van der Waals surface area contributed by atoms with Gasteiger partial charge in [-0.05, 0) is 65.4 Å². The molecular formula is C29H41NO6. The second kappa shape index (κ2) is 11.1. The molecule has 0 saturated carbocycles. The molecule has 0 aromatic heterocycles. The van der Waals surface area contributed by atoms with Gasteiger partial charge in [-0.3, -0.25) is 4.79 Å². The van der Waals surface area contributed by atoms with Gasteiger partial charge < -0.3 is 25.0 Å². The lowest BCUT2D eigenvalue weighted by molar-refractivity contribution is -0.144. The highest BCUT2D eigenvalue weighted by Crippen LogP contribution is 2.47. The Morgan fingerprint density at radius 1 is 1.25 bits per heavy atom. The van der Waals surface area contributed by atoms with Crippen molar-refractivity contribution in [3.05, 3.63) is 46.1 Å². The smallest absolute Gasteiger partial charge is 0.326 e. The Morgan fingerprint density at radius 3 is 2.56 bits per heavy atom. The molecule has 0 radical (unpaired) electrons. The number of carbonyl (C=O) groups is 2. The van der Waals surface area contributed by atoms with Crippen LogP contribution >= 0.6 is 0 Å². The summed E-state index contributed by atoms with van der Waals surface area (Å²) in [4.78, 5) is 26.6. The van der Waals surface area contributed by atoms with Crippen molar-refractivity contribution < 1.29 is 29.6 Å². The fourth-order valence-corrected chi connectivity index (χ4v) is 5.15. The zero-order chi connectivity index (χ0) is 26.8. The minimum absolute atomic E-state index is 0.105. The Kier molecular flexibility index (Phi) is 8.55. The van der Waals surface area contributed by atoms with Gasteiger partial charge in [-0.15, -0.1) is 0 Å². The normalized spacial score (nSPS) is 23.0. The fraction of sp³-hybridized carbons (Fsp3) is 0.586. The van der Waals surface area contributed by atoms with Gasteiger partial charge in [-0.1, -0.05) is 43.6 Å². The molecule has 3 rings (SSSR count). The van der Waals surface area contributed by atoms with E-state index in [9.17, 15) is 24.9 Å². The third-order valence-corrected chi connectivity index (χ3v) is 7.72. The van der Waals surface area contributed by atoms with Crippen molar-refractivity contribution in [3.63, 3.8) is 0 Å². The van der Waals surface area contributed by atoms with Crippen LogP contribution in [0, 0.1) is 5.92 Å². The first-order valence-electron chi connectivity index (χ1n) is 13.0. The number of rotatable bonds is 10. The Hall–Kier alpha value is -2.80. The number of carboxylic acids is 1. The van der Waals surface area contributed by atoms with Crippen LogP contribution in [0.5, 0.6) is 11.5 Å². The van der Waals surface area contributed by atoms with E-state index in [1.165, 1.54) is 22.1 Å². The number of ether oxygens (including phenoxy) is 1. The summed E-state index contributed by atoms with van der Waals surface area (Å²) >= 11 is 0. The van der Waals surface area contributed by atoms with E-state index in [1.54, 1.807) is 0 Å². The number of aliphatic carboxylic acids is 1. The second-order valence-electron chi connectivity index (χ2n) is 10.9. The Morgan fingerprint density at radius 2 is 1.94 bits per heavy atom. The maximum absolute atomic E-state index is 13.2. The molecule has 7 heteroatoms. The third-order valence-electron chi connectivity index (χ3n) is 7.72. The molecule has 36 heavy (non-hydrogen) atoms. The predicted octanol–water partition coefficient (Wildman–Crippen LogP) is 5.37. The minimum atomic E-state index is -1.04. The highest BCUT2D eigenvalue weighted by molar-refractivity contribution is 6.02. The van der Waals surface area contributed by atoms with E-state index >= 15 is 0 Å². The second-order valence-corrected chi connectivity index (χ2v) is 10.9. The Labute approximate surface area is 214 Å². The molecule has 7 nitrogen and oxygen atoms in total. The van der Waals surface area contributed by atoms with E-state index in [0.717, 1.165) is 19.3 Å². The van der Waals surface area contributed by atoms with Crippen molar-refractivity contribution in [2.45, 2.75) is 104 Å². The number of benzene rings is 1. The Bertz CT molecular complexity index is 1070. The van der Waals surface area contributed by atoms with E-state index in [-0.39, 0.29) is 30.2 Å². The predicted molar refractivity (Wildman–Crippen MR) is 139 cm³/mol. The van der Waals surface area contributed by atoms with Crippen molar-refractivity contribution in [1.29, 1.82) is 0 Å². The van der Waals surface area contributed by atoms with E-state index < -0.39 is 29.6 Å². The lowest BCUT2D eigenvalue weighted by Gasteiger charge is -2.41. The molecular weight excluding hydrogens is 458 g/mol. The van der Waals surface area contributed by atoms with Crippen LogP contribution in [-0.2, 0) is 17.8 Å². The van der Waals surface area contributed by atoms with E-state index in [4.69, 9.17) is 4.74 Å². The maximum Gasteiger partial charge on any atom is 0.326 e. The first-order chi connectivity index (χ1) is 16.9. The summed E-state index contributed by atoms with van der Waals surface area (Å²) in [6.45, 7) is 12.0. The highest BCUT2D eigenvalue weighted by Gasteiger charge is 2.46. The average Bonchev–Trinajstić information content (AvgIpc) is 3.10. The number of aromatic hydroxyl groups is 1. The van der Waals surface area contributed by atoms with Gasteiger partial charge in [0.1, 0.15) is 23.1 Å². The quantitative estimate of drug-likeness (QED) is 0.373. The van der Waals surface area contributed by atoms with Gasteiger partial charge in [0.25, 0.3) is 5.91 Å². The van der Waals surface area contributed by atoms with Crippen LogP contribution in [0.1, 0.15) is 95.1 Å². The maximum atomic E-state index is 13.2. The van der Waals surface area contributed by atoms with Gasteiger partial charge in [0, 0.05) is 17.5 Å². The molecule has 2 aliphatic rings. The van der Waals surface area contributed by atoms with Gasteiger partial charge in [0.15, 0.2) is 0 Å². The SMILES string of the molecule is CC[C@H](C)[C@@H](C(=O)O)N1Cc2c(cc(O)c3c2O[C@@](C)(CC/C=C(\C)CCC=C(C)C)[C@@H](O)C3)C1=O. The summed E-state index contributed by atoms with van der Waals surface area (Å²) < 4.78 is 6.40. The zero-order valence-corrected chi connectivity index (χ0v) is 22.4. The Balaban J connectivity index is 1.85. The number of carbonyl (C=O) groups excluding carboxylic acids is 1. The summed E-state index contributed by atoms with van der Waals surface area (Å²) in [5, 5.41) is 31.5. The molecule has 0 bridgehead atoms. The summed E-state index contributed by atoms with van der Waals surface area (Å²) in [5.74, 6) is -1.39. The molecule has 0 saturated heterocycles. The summed E-state index contributed by atoms with van der Waals surface area (Å²) in [6, 6.07) is 0.427. The number of hydrogen-bond donors (Lipinski definition) is 3. The van der Waals surface area contributed by atoms with Gasteiger partial charge >= 0.3 is 5.97 Å². The van der Waals surface area contributed by atoms with Crippen LogP contribution in [0.15, 0.2) is 29.4 Å². The molecule has 1 amide bonds. The van der Waals surface area contributed by atoms with E-state index in [0.29, 0.717) is 29.7 Å². The van der Waals surface area contributed by atoms with Crippen LogP contribution in [0.4, 0.5) is 0 Å². The number of carboxylic acid groups (broad SMARTS) is 1. The number of aliphatic hydroxyl groups excluding tert-OH is 1. The lowest BCUT2D eigenvalue weighted by Crippen LogP contribution is -2.49. The molecule has 4 atom stereocenters. The molecule has 198 valence electrons. The van der Waals surface area contributed by atoms with Gasteiger partial charge in [0.05, 0.1) is 18.2 Å². The standard InChI is InChI=1S/C29H41NO6/c1-7-19(5)25(28(34)35)30-16-22-20(27(30)33)14-23(31)21-15-24(32)29(6,36-26(21)22)13-9-12-18(4)11-8-10-17(2)3/h10,12,14,19,24-25,31-32H,7-9,11,13,15-16H2,1-6H3,(H,34,35)/b18-12+/t19-,24-,25-,29-/m0/s1. The largest absolute Gasteiger partial charge is 0.508 e. The van der Waals surface area contributed by atoms with Crippen molar-refractivity contribution in [2.24, 2.45) is 5.92 Å². The number of phenolic OH excluding ortho intramolecular Hbond substituents is 1. The molecule has 0 spiro atoms. The van der Waals surface area contributed by atoms with E-state index in [2.05, 4.69) is 32.9 Å². The van der Waals surface area contributed by atoms with Crippen molar-refractivity contribution in [3.8, 4) is 11.5 Å². The highest BCUT2D eigenvalue weighted by atomic mass is 16.5. The van der Waals surface area contributed by atoms with Crippen LogP contribution in [0.2, 0.25) is 0 Å². The summed E-state index contributed by atoms with van der Waals surface area (Å²) in [6.07, 6.45) is 7.67. The molecule has 2 heterocycles. The van der Waals surface area contributed by atoms with Crippen molar-refractivity contribution in [2.75, 3.05) is 0 Å². The van der Waals surface area contributed by atoms with Crippen molar-refractivity contribution in [1.82, 2.24) is 4.90 Å².